The molecular weight excluding hydrogens is 222 g/mol. The molecule has 2 fully saturated rings. The Morgan fingerprint density at radius 2 is 1.83 bits per heavy atom. The van der Waals surface area contributed by atoms with Gasteiger partial charge in [-0.2, -0.15) is 5.26 Å². The fraction of sp³-hybridized carbons (Fsp3) is 0.933. The second-order valence-corrected chi connectivity index (χ2v) is 6.27. The van der Waals surface area contributed by atoms with E-state index in [-0.39, 0.29) is 5.92 Å². The van der Waals surface area contributed by atoms with Crippen LogP contribution in [0.3, 0.4) is 0 Å². The highest BCUT2D eigenvalue weighted by Gasteiger charge is 2.29. The van der Waals surface area contributed by atoms with Crippen molar-refractivity contribution in [1.82, 2.24) is 9.80 Å². The van der Waals surface area contributed by atoms with Gasteiger partial charge in [0.05, 0.1) is 12.0 Å². The minimum absolute atomic E-state index is 0.273. The van der Waals surface area contributed by atoms with Crippen LogP contribution in [0.2, 0.25) is 0 Å². The lowest BCUT2D eigenvalue weighted by Gasteiger charge is -2.38. The molecule has 1 heterocycles. The predicted octanol–water partition coefficient (Wildman–Crippen LogP) is 2.34. The lowest BCUT2D eigenvalue weighted by Crippen LogP contribution is -2.43. The molecule has 0 bridgehead atoms. The van der Waals surface area contributed by atoms with Gasteiger partial charge in [-0.05, 0) is 58.8 Å². The van der Waals surface area contributed by atoms with E-state index in [1.165, 1.54) is 51.7 Å². The molecule has 1 aliphatic carbocycles. The maximum Gasteiger partial charge on any atom is 0.0672 e. The van der Waals surface area contributed by atoms with Crippen molar-refractivity contribution in [3.05, 3.63) is 0 Å². The number of hydrogen-bond donors (Lipinski definition) is 0. The number of piperidine rings is 1. The fourth-order valence-electron chi connectivity index (χ4n) is 3.58. The van der Waals surface area contributed by atoms with Crippen molar-refractivity contribution >= 4 is 0 Å². The Kier molecular flexibility index (Phi) is 5.03. The Bertz CT molecular complexity index is 289. The molecule has 102 valence electrons. The number of rotatable bonds is 3. The summed E-state index contributed by atoms with van der Waals surface area (Å²) in [5.41, 5.74) is 0. The molecular formula is C15H27N3. The van der Waals surface area contributed by atoms with Gasteiger partial charge < -0.3 is 9.80 Å². The van der Waals surface area contributed by atoms with Gasteiger partial charge in [0.1, 0.15) is 0 Å². The summed E-state index contributed by atoms with van der Waals surface area (Å²) < 4.78 is 0. The van der Waals surface area contributed by atoms with Crippen molar-refractivity contribution in [3.8, 4) is 6.07 Å². The third kappa shape index (κ3) is 3.46. The quantitative estimate of drug-likeness (QED) is 0.769. The highest BCUT2D eigenvalue weighted by Crippen LogP contribution is 2.28. The molecule has 2 rings (SSSR count). The molecule has 0 N–H and O–H groups in total. The Morgan fingerprint density at radius 1 is 1.17 bits per heavy atom. The summed E-state index contributed by atoms with van der Waals surface area (Å²) in [5.74, 6) is 1.11. The van der Waals surface area contributed by atoms with Crippen molar-refractivity contribution in [2.75, 3.05) is 33.7 Å². The van der Waals surface area contributed by atoms with Gasteiger partial charge >= 0.3 is 0 Å². The summed E-state index contributed by atoms with van der Waals surface area (Å²) >= 11 is 0. The van der Waals surface area contributed by atoms with E-state index in [0.29, 0.717) is 6.04 Å². The molecule has 0 spiro atoms. The topological polar surface area (TPSA) is 30.3 Å². The number of likely N-dealkylation sites (tertiary alicyclic amines) is 1. The molecule has 0 radical (unpaired) electrons. The van der Waals surface area contributed by atoms with Gasteiger partial charge in [0.2, 0.25) is 0 Å². The van der Waals surface area contributed by atoms with Crippen LogP contribution in [0, 0.1) is 23.2 Å². The van der Waals surface area contributed by atoms with Crippen LogP contribution in [0.1, 0.15) is 38.5 Å². The van der Waals surface area contributed by atoms with Gasteiger partial charge in [-0.15, -0.1) is 0 Å². The first-order chi connectivity index (χ1) is 8.70. The predicted molar refractivity (Wildman–Crippen MR) is 74.2 cm³/mol. The molecule has 2 aliphatic rings. The number of nitriles is 1. The molecule has 1 aliphatic heterocycles. The second-order valence-electron chi connectivity index (χ2n) is 6.27. The van der Waals surface area contributed by atoms with Crippen LogP contribution in [0.25, 0.3) is 0 Å². The van der Waals surface area contributed by atoms with Crippen molar-refractivity contribution in [2.24, 2.45) is 11.8 Å². The van der Waals surface area contributed by atoms with E-state index in [4.69, 9.17) is 0 Å². The highest BCUT2D eigenvalue weighted by molar-refractivity contribution is 4.95. The van der Waals surface area contributed by atoms with Crippen LogP contribution < -0.4 is 0 Å². The molecule has 1 saturated carbocycles. The molecule has 2 unspecified atom stereocenters. The second kappa shape index (κ2) is 6.54. The zero-order valence-corrected chi connectivity index (χ0v) is 11.9. The minimum atomic E-state index is 0.273. The normalized spacial score (nSPS) is 31.4. The smallest absolute Gasteiger partial charge is 0.0672 e. The van der Waals surface area contributed by atoms with E-state index >= 15 is 0 Å². The standard InChI is InChI=1S/C15H27N3/c1-17-9-7-13(8-10-17)12-18(2)15-6-4-3-5-14(15)11-16/h13-15H,3-10,12H2,1-2H3. The van der Waals surface area contributed by atoms with Crippen molar-refractivity contribution in [1.29, 1.82) is 5.26 Å². The lowest BCUT2D eigenvalue weighted by atomic mass is 9.84. The molecule has 0 aromatic rings. The maximum absolute atomic E-state index is 9.27. The monoisotopic (exact) mass is 249 g/mol. The third-order valence-electron chi connectivity index (χ3n) is 4.85. The van der Waals surface area contributed by atoms with Crippen LogP contribution >= 0.6 is 0 Å². The fourth-order valence-corrected chi connectivity index (χ4v) is 3.58. The van der Waals surface area contributed by atoms with Crippen LogP contribution in [-0.2, 0) is 0 Å². The molecule has 0 aromatic heterocycles. The highest BCUT2D eigenvalue weighted by atomic mass is 15.1. The average molecular weight is 249 g/mol. The lowest BCUT2D eigenvalue weighted by molar-refractivity contribution is 0.112. The zero-order chi connectivity index (χ0) is 13.0. The summed E-state index contributed by atoms with van der Waals surface area (Å²) in [6.07, 6.45) is 7.53. The van der Waals surface area contributed by atoms with E-state index in [9.17, 15) is 5.26 Å². The summed E-state index contributed by atoms with van der Waals surface area (Å²) in [6.45, 7) is 3.67. The maximum atomic E-state index is 9.27. The molecule has 1 saturated heterocycles. The Labute approximate surface area is 112 Å². The third-order valence-corrected chi connectivity index (χ3v) is 4.85. The Hall–Kier alpha value is -0.590. The molecule has 3 nitrogen and oxygen atoms in total. The van der Waals surface area contributed by atoms with Crippen LogP contribution in [0.15, 0.2) is 0 Å². The van der Waals surface area contributed by atoms with Gasteiger partial charge in [0.25, 0.3) is 0 Å². The first-order valence-electron chi connectivity index (χ1n) is 7.49. The number of nitrogens with zero attached hydrogens (tertiary/aromatic N) is 3. The van der Waals surface area contributed by atoms with Crippen LogP contribution in [0.5, 0.6) is 0 Å². The number of hydrogen-bond acceptors (Lipinski definition) is 3. The van der Waals surface area contributed by atoms with Gasteiger partial charge in [-0.1, -0.05) is 12.8 Å². The first kappa shape index (κ1) is 13.8. The van der Waals surface area contributed by atoms with E-state index in [2.05, 4.69) is 30.0 Å². The van der Waals surface area contributed by atoms with Crippen molar-refractivity contribution in [2.45, 2.75) is 44.6 Å². The average Bonchev–Trinajstić information content (AvgIpc) is 2.41. The van der Waals surface area contributed by atoms with E-state index in [1.807, 2.05) is 0 Å². The molecule has 2 atom stereocenters. The zero-order valence-electron chi connectivity index (χ0n) is 11.9. The molecule has 18 heavy (non-hydrogen) atoms. The van der Waals surface area contributed by atoms with Crippen LogP contribution in [0.4, 0.5) is 0 Å². The van der Waals surface area contributed by atoms with Crippen molar-refractivity contribution in [3.63, 3.8) is 0 Å². The van der Waals surface area contributed by atoms with Gasteiger partial charge in [-0.25, -0.2) is 0 Å². The summed E-state index contributed by atoms with van der Waals surface area (Å²) in [5, 5.41) is 9.27. The SMILES string of the molecule is CN1CCC(CN(C)C2CCCCC2C#N)CC1. The minimum Gasteiger partial charge on any atom is -0.306 e. The molecule has 0 aromatic carbocycles. The summed E-state index contributed by atoms with van der Waals surface area (Å²) in [4.78, 5) is 4.91. The van der Waals surface area contributed by atoms with Crippen LogP contribution in [-0.4, -0.2) is 49.6 Å². The Balaban J connectivity index is 1.83. The first-order valence-corrected chi connectivity index (χ1v) is 7.49. The largest absolute Gasteiger partial charge is 0.306 e. The summed E-state index contributed by atoms with van der Waals surface area (Å²) in [7, 11) is 4.45. The molecule has 3 heteroatoms. The van der Waals surface area contributed by atoms with Crippen molar-refractivity contribution < 1.29 is 0 Å². The summed E-state index contributed by atoms with van der Waals surface area (Å²) in [6, 6.07) is 3.05. The van der Waals surface area contributed by atoms with E-state index in [1.54, 1.807) is 0 Å². The van der Waals surface area contributed by atoms with Gasteiger partial charge in [0.15, 0.2) is 0 Å². The molecule has 0 amide bonds. The Morgan fingerprint density at radius 3 is 2.50 bits per heavy atom. The van der Waals surface area contributed by atoms with E-state index in [0.717, 1.165) is 12.3 Å². The van der Waals surface area contributed by atoms with Gasteiger partial charge in [-0.3, -0.25) is 0 Å². The van der Waals surface area contributed by atoms with Gasteiger partial charge in [0, 0.05) is 12.6 Å². The van der Waals surface area contributed by atoms with E-state index < -0.39 is 0 Å².